The van der Waals surface area contributed by atoms with Gasteiger partial charge in [-0.2, -0.15) is 0 Å². The molecule has 0 bridgehead atoms. The Kier molecular flexibility index (Phi) is 5.60. The van der Waals surface area contributed by atoms with Crippen LogP contribution in [0, 0.1) is 0 Å². The molecule has 0 amide bonds. The van der Waals surface area contributed by atoms with E-state index in [2.05, 4.69) is 17.0 Å². The van der Waals surface area contributed by atoms with Gasteiger partial charge in [0.25, 0.3) is 0 Å². The topological polar surface area (TPSA) is 69.7 Å². The normalized spacial score (nSPS) is 11.0. The van der Waals surface area contributed by atoms with E-state index in [1.54, 1.807) is 12.1 Å². The van der Waals surface area contributed by atoms with Gasteiger partial charge in [-0.25, -0.2) is 0 Å². The van der Waals surface area contributed by atoms with Gasteiger partial charge >= 0.3 is 0 Å². The molecule has 4 N–H and O–H groups in total. The lowest BCUT2D eigenvalue weighted by Crippen LogP contribution is -2.25. The molecule has 0 aliphatic carbocycles. The number of nitrogens with two attached hydrogens (primary N) is 1. The van der Waals surface area contributed by atoms with Crippen LogP contribution >= 0.6 is 0 Å². The van der Waals surface area contributed by atoms with Crippen molar-refractivity contribution in [2.45, 2.75) is 19.5 Å². The van der Waals surface area contributed by atoms with E-state index < -0.39 is 0 Å². The second-order valence-corrected chi connectivity index (χ2v) is 5.15. The molecule has 0 aromatic heterocycles. The zero-order valence-electron chi connectivity index (χ0n) is 12.1. The monoisotopic (exact) mass is 286 g/mol. The Labute approximate surface area is 125 Å². The van der Waals surface area contributed by atoms with Gasteiger partial charge in [-0.15, -0.1) is 0 Å². The second-order valence-electron chi connectivity index (χ2n) is 5.15. The molecule has 2 aromatic rings. The van der Waals surface area contributed by atoms with Gasteiger partial charge in [0.15, 0.2) is 0 Å². The molecule has 0 heterocycles. The first-order chi connectivity index (χ1) is 10.2. The fraction of sp³-hybridized carbons (Fsp3) is 0.294. The summed E-state index contributed by atoms with van der Waals surface area (Å²) in [4.78, 5) is 2.24. The molecule has 4 nitrogen and oxygen atoms in total. The zero-order chi connectivity index (χ0) is 15.1. The van der Waals surface area contributed by atoms with E-state index in [4.69, 9.17) is 5.73 Å². The maximum Gasteiger partial charge on any atom is 0.123 e. The quantitative estimate of drug-likeness (QED) is 0.731. The van der Waals surface area contributed by atoms with Crippen LogP contribution in [-0.2, 0) is 13.1 Å². The van der Waals surface area contributed by atoms with Crippen molar-refractivity contribution < 1.29 is 10.2 Å². The fourth-order valence-corrected chi connectivity index (χ4v) is 2.30. The summed E-state index contributed by atoms with van der Waals surface area (Å²) >= 11 is 0. The van der Waals surface area contributed by atoms with Gasteiger partial charge in [0, 0.05) is 31.3 Å². The first-order valence-electron chi connectivity index (χ1n) is 7.16. The lowest BCUT2D eigenvalue weighted by molar-refractivity contribution is 0.251. The Morgan fingerprint density at radius 3 is 2.38 bits per heavy atom. The van der Waals surface area contributed by atoms with Crippen molar-refractivity contribution >= 4 is 0 Å². The molecular formula is C17H22N2O2. The first-order valence-corrected chi connectivity index (χ1v) is 7.16. The van der Waals surface area contributed by atoms with Crippen LogP contribution in [0.3, 0.4) is 0 Å². The van der Waals surface area contributed by atoms with Crippen molar-refractivity contribution in [2.24, 2.45) is 5.73 Å². The number of benzene rings is 2. The van der Waals surface area contributed by atoms with Crippen LogP contribution in [-0.4, -0.2) is 28.2 Å². The van der Waals surface area contributed by atoms with Gasteiger partial charge in [-0.3, -0.25) is 4.90 Å². The molecule has 112 valence electrons. The number of hydrogen-bond donors (Lipinski definition) is 3. The van der Waals surface area contributed by atoms with Crippen molar-refractivity contribution in [1.29, 1.82) is 0 Å². The summed E-state index contributed by atoms with van der Waals surface area (Å²) in [5.74, 6) is 0.202. The molecule has 0 fully saturated rings. The average molecular weight is 286 g/mol. The highest BCUT2D eigenvalue weighted by Gasteiger charge is 2.10. The smallest absolute Gasteiger partial charge is 0.123 e. The van der Waals surface area contributed by atoms with Crippen LogP contribution in [0.25, 0.3) is 0 Å². The van der Waals surface area contributed by atoms with Gasteiger partial charge in [-0.1, -0.05) is 36.4 Å². The van der Waals surface area contributed by atoms with Crippen molar-refractivity contribution in [1.82, 2.24) is 4.90 Å². The Hall–Kier alpha value is -2.04. The summed E-state index contributed by atoms with van der Waals surface area (Å²) in [6, 6.07) is 14.9. The van der Waals surface area contributed by atoms with Crippen molar-refractivity contribution in [3.63, 3.8) is 0 Å². The largest absolute Gasteiger partial charge is 0.508 e. The van der Waals surface area contributed by atoms with E-state index in [9.17, 15) is 10.2 Å². The molecule has 0 unspecified atom stereocenters. The van der Waals surface area contributed by atoms with Crippen molar-refractivity contribution in [2.75, 3.05) is 13.1 Å². The molecule has 21 heavy (non-hydrogen) atoms. The first kappa shape index (κ1) is 15.4. The molecule has 0 aliphatic heterocycles. The number of nitrogens with zero attached hydrogens (tertiary/aromatic N) is 1. The van der Waals surface area contributed by atoms with E-state index in [1.807, 2.05) is 18.2 Å². The third kappa shape index (κ3) is 4.77. The third-order valence-corrected chi connectivity index (χ3v) is 3.39. The maximum atomic E-state index is 9.92. The fourth-order valence-electron chi connectivity index (χ4n) is 2.30. The Morgan fingerprint density at radius 2 is 1.71 bits per heavy atom. The van der Waals surface area contributed by atoms with Crippen LogP contribution in [0.1, 0.15) is 17.5 Å². The summed E-state index contributed by atoms with van der Waals surface area (Å²) in [5, 5.41) is 19.3. The molecule has 0 saturated carbocycles. The van der Waals surface area contributed by atoms with Gasteiger partial charge in [0.2, 0.25) is 0 Å². The van der Waals surface area contributed by atoms with Crippen LogP contribution in [0.5, 0.6) is 11.5 Å². The van der Waals surface area contributed by atoms with E-state index in [1.165, 1.54) is 11.6 Å². The summed E-state index contributed by atoms with van der Waals surface area (Å²) in [6.45, 7) is 2.95. The molecular weight excluding hydrogens is 264 g/mol. The van der Waals surface area contributed by atoms with E-state index in [0.29, 0.717) is 13.1 Å². The standard InChI is InChI=1S/C17H22N2O2/c18-9-4-10-19(12-14-5-2-1-3-6-14)13-15-7-8-16(20)11-17(15)21/h1-3,5-8,11,20-21H,4,9-10,12-13,18H2. The minimum Gasteiger partial charge on any atom is -0.508 e. The maximum absolute atomic E-state index is 9.92. The highest BCUT2D eigenvalue weighted by atomic mass is 16.3. The van der Waals surface area contributed by atoms with Crippen LogP contribution in [0.4, 0.5) is 0 Å². The SMILES string of the molecule is NCCCN(Cc1ccccc1)Cc1ccc(O)cc1O. The Balaban J connectivity index is 2.08. The van der Waals surface area contributed by atoms with E-state index in [0.717, 1.165) is 25.1 Å². The number of phenolic OH excluding ortho intramolecular Hbond substituents is 2. The zero-order valence-corrected chi connectivity index (χ0v) is 12.1. The highest BCUT2D eigenvalue weighted by Crippen LogP contribution is 2.24. The number of aromatic hydroxyl groups is 2. The second kappa shape index (κ2) is 7.67. The van der Waals surface area contributed by atoms with Crippen molar-refractivity contribution in [3.8, 4) is 11.5 Å². The lowest BCUT2D eigenvalue weighted by atomic mass is 10.1. The molecule has 0 atom stereocenters. The van der Waals surface area contributed by atoms with Gasteiger partial charge in [0.1, 0.15) is 11.5 Å². The molecule has 2 aromatic carbocycles. The number of rotatable bonds is 7. The number of phenols is 2. The van der Waals surface area contributed by atoms with Crippen LogP contribution in [0.2, 0.25) is 0 Å². The summed E-state index contributed by atoms with van der Waals surface area (Å²) in [7, 11) is 0. The predicted octanol–water partition coefficient (Wildman–Crippen LogP) is 2.45. The molecule has 4 heteroatoms. The lowest BCUT2D eigenvalue weighted by Gasteiger charge is -2.23. The van der Waals surface area contributed by atoms with Gasteiger partial charge in [-0.05, 0) is 24.6 Å². The Bertz CT molecular complexity index is 558. The minimum atomic E-state index is 0.0767. The van der Waals surface area contributed by atoms with Crippen molar-refractivity contribution in [3.05, 3.63) is 59.7 Å². The summed E-state index contributed by atoms with van der Waals surface area (Å²) in [6.07, 6.45) is 0.908. The molecule has 0 spiro atoms. The third-order valence-electron chi connectivity index (χ3n) is 3.39. The van der Waals surface area contributed by atoms with Crippen LogP contribution in [0.15, 0.2) is 48.5 Å². The molecule has 2 rings (SSSR count). The Morgan fingerprint density at radius 1 is 0.952 bits per heavy atom. The molecule has 0 radical (unpaired) electrons. The van der Waals surface area contributed by atoms with E-state index >= 15 is 0 Å². The number of hydrogen-bond acceptors (Lipinski definition) is 4. The van der Waals surface area contributed by atoms with Crippen LogP contribution < -0.4 is 5.73 Å². The average Bonchev–Trinajstić information content (AvgIpc) is 2.48. The minimum absolute atomic E-state index is 0.0767. The summed E-state index contributed by atoms with van der Waals surface area (Å²) in [5.41, 5.74) is 7.64. The summed E-state index contributed by atoms with van der Waals surface area (Å²) < 4.78 is 0. The highest BCUT2D eigenvalue weighted by molar-refractivity contribution is 5.38. The van der Waals surface area contributed by atoms with Gasteiger partial charge < -0.3 is 15.9 Å². The predicted molar refractivity (Wildman–Crippen MR) is 84.0 cm³/mol. The molecule has 0 aliphatic rings. The van der Waals surface area contributed by atoms with Gasteiger partial charge in [0.05, 0.1) is 0 Å². The molecule has 0 saturated heterocycles. The van der Waals surface area contributed by atoms with E-state index in [-0.39, 0.29) is 11.5 Å².